The smallest absolute Gasteiger partial charge is 0.00204 e. The molecule has 0 aromatic rings. The first kappa shape index (κ1) is 13.0. The van der Waals surface area contributed by atoms with Crippen molar-refractivity contribution in [2.24, 2.45) is 34.3 Å². The van der Waals surface area contributed by atoms with Crippen LogP contribution in [0.5, 0.6) is 0 Å². The van der Waals surface area contributed by atoms with E-state index in [4.69, 9.17) is 5.73 Å². The molecule has 3 saturated carbocycles. The summed E-state index contributed by atoms with van der Waals surface area (Å²) in [5, 5.41) is 0. The Kier molecular flexibility index (Phi) is 3.25. The van der Waals surface area contributed by atoms with Crippen LogP contribution in [0.4, 0.5) is 0 Å². The lowest BCUT2D eigenvalue weighted by Crippen LogP contribution is -2.39. The van der Waals surface area contributed by atoms with E-state index in [0.29, 0.717) is 10.8 Å². The molecule has 3 aliphatic rings. The predicted molar refractivity (Wildman–Crippen MR) is 77.3 cm³/mol. The molecule has 0 radical (unpaired) electrons. The Bertz CT molecular complexity index is 297. The first-order valence-corrected chi connectivity index (χ1v) is 8.22. The summed E-state index contributed by atoms with van der Waals surface area (Å²) in [5.74, 6) is 3.21. The lowest BCUT2D eigenvalue weighted by molar-refractivity contribution is 0.0711. The zero-order chi connectivity index (χ0) is 12.8. The van der Waals surface area contributed by atoms with Crippen LogP contribution < -0.4 is 5.73 Å². The maximum atomic E-state index is 6.20. The van der Waals surface area contributed by atoms with Gasteiger partial charge in [-0.3, -0.25) is 0 Å². The molecule has 3 fully saturated rings. The molecular formula is C17H31N. The molecule has 2 bridgehead atoms. The minimum absolute atomic E-state index is 0.519. The zero-order valence-corrected chi connectivity index (χ0v) is 12.4. The summed E-state index contributed by atoms with van der Waals surface area (Å²) < 4.78 is 0. The standard InChI is InChI=1S/C17H31N/c1-16(2)5-7-17(12-18,8-6-16)11-15-10-13-3-4-14(15)9-13/h13-15H,3-12,18H2,1-2H3. The number of fused-ring (bicyclic) bond motifs is 2. The van der Waals surface area contributed by atoms with Crippen molar-refractivity contribution in [2.75, 3.05) is 6.54 Å². The van der Waals surface area contributed by atoms with Crippen LogP contribution >= 0.6 is 0 Å². The van der Waals surface area contributed by atoms with Gasteiger partial charge in [0.1, 0.15) is 0 Å². The third kappa shape index (κ3) is 2.35. The van der Waals surface area contributed by atoms with Gasteiger partial charge in [0.25, 0.3) is 0 Å². The maximum absolute atomic E-state index is 6.20. The Hall–Kier alpha value is -0.0400. The molecule has 18 heavy (non-hydrogen) atoms. The second-order valence-electron chi connectivity index (χ2n) is 8.51. The lowest BCUT2D eigenvalue weighted by atomic mass is 9.61. The molecule has 0 aromatic heterocycles. The lowest BCUT2D eigenvalue weighted by Gasteiger charge is -2.45. The van der Waals surface area contributed by atoms with Gasteiger partial charge >= 0.3 is 0 Å². The van der Waals surface area contributed by atoms with Crippen molar-refractivity contribution in [3.63, 3.8) is 0 Å². The third-order valence-electron chi connectivity index (χ3n) is 6.68. The highest BCUT2D eigenvalue weighted by atomic mass is 14.6. The van der Waals surface area contributed by atoms with Gasteiger partial charge < -0.3 is 5.73 Å². The van der Waals surface area contributed by atoms with Crippen LogP contribution in [0.3, 0.4) is 0 Å². The van der Waals surface area contributed by atoms with E-state index >= 15 is 0 Å². The number of nitrogens with two attached hydrogens (primary N) is 1. The van der Waals surface area contributed by atoms with Gasteiger partial charge in [0, 0.05) is 0 Å². The monoisotopic (exact) mass is 249 g/mol. The summed E-state index contributed by atoms with van der Waals surface area (Å²) in [6, 6.07) is 0. The van der Waals surface area contributed by atoms with E-state index < -0.39 is 0 Å². The molecule has 2 N–H and O–H groups in total. The number of hydrogen-bond acceptors (Lipinski definition) is 1. The van der Waals surface area contributed by atoms with Crippen LogP contribution in [-0.4, -0.2) is 6.54 Å². The fourth-order valence-corrected chi connectivity index (χ4v) is 5.13. The summed E-state index contributed by atoms with van der Waals surface area (Å²) in [7, 11) is 0. The maximum Gasteiger partial charge on any atom is -0.00204 e. The fourth-order valence-electron chi connectivity index (χ4n) is 5.13. The van der Waals surface area contributed by atoms with Gasteiger partial charge in [-0.25, -0.2) is 0 Å². The zero-order valence-electron chi connectivity index (χ0n) is 12.4. The molecule has 104 valence electrons. The molecule has 3 rings (SSSR count). The van der Waals surface area contributed by atoms with Crippen LogP contribution in [-0.2, 0) is 0 Å². The van der Waals surface area contributed by atoms with E-state index in [1.807, 2.05) is 0 Å². The van der Waals surface area contributed by atoms with Crippen molar-refractivity contribution >= 4 is 0 Å². The van der Waals surface area contributed by atoms with Crippen LogP contribution in [0.15, 0.2) is 0 Å². The summed E-state index contributed by atoms with van der Waals surface area (Å²) in [6.45, 7) is 5.81. The molecule has 0 amide bonds. The largest absolute Gasteiger partial charge is 0.330 e. The molecule has 3 unspecified atom stereocenters. The summed E-state index contributed by atoms with van der Waals surface area (Å²) in [5.41, 5.74) is 7.30. The van der Waals surface area contributed by atoms with Crippen molar-refractivity contribution in [3.8, 4) is 0 Å². The van der Waals surface area contributed by atoms with Gasteiger partial charge in [0.2, 0.25) is 0 Å². The Morgan fingerprint density at radius 3 is 2.22 bits per heavy atom. The second kappa shape index (κ2) is 4.51. The molecule has 1 heteroatoms. The van der Waals surface area contributed by atoms with E-state index in [0.717, 1.165) is 24.3 Å². The number of hydrogen-bond donors (Lipinski definition) is 1. The third-order valence-corrected chi connectivity index (χ3v) is 6.68. The highest BCUT2D eigenvalue weighted by molar-refractivity contribution is 4.96. The highest BCUT2D eigenvalue weighted by Gasteiger charge is 2.45. The van der Waals surface area contributed by atoms with Crippen molar-refractivity contribution in [1.29, 1.82) is 0 Å². The van der Waals surface area contributed by atoms with Gasteiger partial charge in [-0.05, 0) is 86.5 Å². The van der Waals surface area contributed by atoms with E-state index in [-0.39, 0.29) is 0 Å². The Morgan fingerprint density at radius 1 is 1.00 bits per heavy atom. The van der Waals surface area contributed by atoms with Crippen LogP contribution in [0.25, 0.3) is 0 Å². The van der Waals surface area contributed by atoms with Gasteiger partial charge in [0.15, 0.2) is 0 Å². The molecule has 0 heterocycles. The van der Waals surface area contributed by atoms with Gasteiger partial charge in [-0.1, -0.05) is 20.3 Å². The average molecular weight is 249 g/mol. The molecule has 0 aliphatic heterocycles. The van der Waals surface area contributed by atoms with Crippen molar-refractivity contribution < 1.29 is 0 Å². The Morgan fingerprint density at radius 2 is 1.72 bits per heavy atom. The second-order valence-corrected chi connectivity index (χ2v) is 8.51. The van der Waals surface area contributed by atoms with Crippen molar-refractivity contribution in [3.05, 3.63) is 0 Å². The Balaban J connectivity index is 1.63. The van der Waals surface area contributed by atoms with E-state index in [2.05, 4.69) is 13.8 Å². The average Bonchev–Trinajstić information content (AvgIpc) is 2.94. The predicted octanol–water partition coefficient (Wildman–Crippen LogP) is 4.36. The van der Waals surface area contributed by atoms with E-state index in [1.165, 1.54) is 51.4 Å². The number of rotatable bonds is 3. The molecule has 3 aliphatic carbocycles. The van der Waals surface area contributed by atoms with Crippen LogP contribution in [0.2, 0.25) is 0 Å². The van der Waals surface area contributed by atoms with E-state index in [9.17, 15) is 0 Å². The van der Waals surface area contributed by atoms with Crippen molar-refractivity contribution in [1.82, 2.24) is 0 Å². The first-order chi connectivity index (χ1) is 8.52. The molecule has 0 spiro atoms. The SMILES string of the molecule is CC1(C)CCC(CN)(CC2CC3CCC2C3)CC1. The quantitative estimate of drug-likeness (QED) is 0.790. The van der Waals surface area contributed by atoms with E-state index in [1.54, 1.807) is 6.42 Å². The highest BCUT2D eigenvalue weighted by Crippen LogP contribution is 2.55. The molecule has 0 aromatic carbocycles. The fraction of sp³-hybridized carbons (Fsp3) is 1.00. The van der Waals surface area contributed by atoms with Crippen LogP contribution in [0.1, 0.15) is 71.6 Å². The molecule has 3 atom stereocenters. The minimum atomic E-state index is 0.519. The minimum Gasteiger partial charge on any atom is -0.330 e. The normalized spacial score (nSPS) is 41.2. The first-order valence-electron chi connectivity index (χ1n) is 8.22. The van der Waals surface area contributed by atoms with Crippen LogP contribution in [0, 0.1) is 28.6 Å². The summed E-state index contributed by atoms with van der Waals surface area (Å²) in [4.78, 5) is 0. The van der Waals surface area contributed by atoms with Gasteiger partial charge in [0.05, 0.1) is 0 Å². The van der Waals surface area contributed by atoms with Crippen molar-refractivity contribution in [2.45, 2.75) is 71.6 Å². The summed E-state index contributed by atoms with van der Waals surface area (Å²) in [6.07, 6.45) is 13.2. The molecular weight excluding hydrogens is 218 g/mol. The molecule has 0 saturated heterocycles. The summed E-state index contributed by atoms with van der Waals surface area (Å²) >= 11 is 0. The molecule has 1 nitrogen and oxygen atoms in total. The topological polar surface area (TPSA) is 26.0 Å². The Labute approximate surface area is 113 Å². The van der Waals surface area contributed by atoms with Gasteiger partial charge in [-0.15, -0.1) is 0 Å². The van der Waals surface area contributed by atoms with Gasteiger partial charge in [-0.2, -0.15) is 0 Å².